The van der Waals surface area contributed by atoms with Crippen molar-refractivity contribution in [2.75, 3.05) is 19.3 Å². The minimum Gasteiger partial charge on any atom is -0.381 e. The Morgan fingerprint density at radius 1 is 1.40 bits per heavy atom. The zero-order chi connectivity index (χ0) is 18.2. The molecule has 0 spiro atoms. The third kappa shape index (κ3) is 5.08. The van der Waals surface area contributed by atoms with Gasteiger partial charge in [-0.05, 0) is 30.7 Å². The molecular weight excluding hydrogens is 314 g/mol. The first-order valence-corrected chi connectivity index (χ1v) is 8.54. The number of carbonyl (C=O) groups is 1. The van der Waals surface area contributed by atoms with Gasteiger partial charge in [0.2, 0.25) is 5.91 Å². The first kappa shape index (κ1) is 18.5. The van der Waals surface area contributed by atoms with Crippen LogP contribution in [-0.4, -0.2) is 34.6 Å². The Kier molecular flexibility index (Phi) is 6.58. The molecule has 0 aliphatic rings. The van der Waals surface area contributed by atoms with E-state index in [2.05, 4.69) is 35.3 Å². The number of aromatic amines is 1. The molecule has 6 nitrogen and oxygen atoms in total. The fourth-order valence-electron chi connectivity index (χ4n) is 2.80. The first-order chi connectivity index (χ1) is 12.0. The van der Waals surface area contributed by atoms with E-state index in [-0.39, 0.29) is 11.7 Å². The van der Waals surface area contributed by atoms with Crippen LogP contribution in [0.3, 0.4) is 0 Å². The Balaban J connectivity index is 1.74. The van der Waals surface area contributed by atoms with Gasteiger partial charge in [-0.25, -0.2) is 0 Å². The smallest absolute Gasteiger partial charge is 0.222 e. The molecule has 3 N–H and O–H groups in total. The predicted octanol–water partition coefficient (Wildman–Crippen LogP) is 2.84. The van der Waals surface area contributed by atoms with Gasteiger partial charge in [0.05, 0.1) is 5.69 Å². The molecule has 6 heteroatoms. The van der Waals surface area contributed by atoms with Crippen LogP contribution in [0, 0.1) is 11.3 Å². The van der Waals surface area contributed by atoms with Crippen molar-refractivity contribution >= 4 is 11.7 Å². The number of nitrogens with one attached hydrogen (secondary N) is 1. The van der Waals surface area contributed by atoms with Crippen molar-refractivity contribution in [1.82, 2.24) is 15.1 Å². The lowest BCUT2D eigenvalue weighted by molar-refractivity contribution is -0.130. The highest BCUT2D eigenvalue weighted by Gasteiger charge is 2.14. The van der Waals surface area contributed by atoms with Gasteiger partial charge in [0.1, 0.15) is 11.6 Å². The number of nitrogens with two attached hydrogens (primary N) is 1. The van der Waals surface area contributed by atoms with E-state index in [0.717, 1.165) is 18.5 Å². The second-order valence-electron chi connectivity index (χ2n) is 6.34. The number of nitrogen functional groups attached to an aromatic ring is 1. The first-order valence-electron chi connectivity index (χ1n) is 8.54. The van der Waals surface area contributed by atoms with Gasteiger partial charge < -0.3 is 10.6 Å². The summed E-state index contributed by atoms with van der Waals surface area (Å²) in [4.78, 5) is 14.0. The Bertz CT molecular complexity index is 732. The highest BCUT2D eigenvalue weighted by Crippen LogP contribution is 2.20. The van der Waals surface area contributed by atoms with Crippen molar-refractivity contribution in [3.05, 3.63) is 47.2 Å². The minimum absolute atomic E-state index is 0.146. The number of hydrogen-bond donors (Lipinski definition) is 2. The van der Waals surface area contributed by atoms with Crippen LogP contribution in [0.4, 0.5) is 5.82 Å². The van der Waals surface area contributed by atoms with Crippen molar-refractivity contribution < 1.29 is 4.79 Å². The van der Waals surface area contributed by atoms with E-state index < -0.39 is 0 Å². The summed E-state index contributed by atoms with van der Waals surface area (Å²) in [7, 11) is 1.82. The number of aryl methyl sites for hydroxylation is 1. The van der Waals surface area contributed by atoms with Crippen molar-refractivity contribution in [1.29, 1.82) is 5.26 Å². The molecule has 1 atom stereocenters. The molecule has 132 valence electrons. The highest BCUT2D eigenvalue weighted by molar-refractivity contribution is 5.75. The molecular formula is C19H25N5O. The lowest BCUT2D eigenvalue weighted by atomic mass is 9.96. The summed E-state index contributed by atoms with van der Waals surface area (Å²) >= 11 is 0. The molecule has 1 aromatic carbocycles. The number of rotatable bonds is 8. The highest BCUT2D eigenvalue weighted by atomic mass is 16.2. The van der Waals surface area contributed by atoms with Crippen LogP contribution in [0.15, 0.2) is 30.3 Å². The Morgan fingerprint density at radius 3 is 2.80 bits per heavy atom. The maximum atomic E-state index is 12.3. The van der Waals surface area contributed by atoms with Gasteiger partial charge in [0, 0.05) is 20.0 Å². The molecule has 0 fully saturated rings. The third-order valence-corrected chi connectivity index (χ3v) is 4.49. The molecule has 0 saturated carbocycles. The van der Waals surface area contributed by atoms with Crippen molar-refractivity contribution in [3.63, 3.8) is 0 Å². The minimum atomic E-state index is 0.146. The largest absolute Gasteiger partial charge is 0.381 e. The van der Waals surface area contributed by atoms with E-state index in [1.165, 1.54) is 5.56 Å². The van der Waals surface area contributed by atoms with Crippen molar-refractivity contribution in [3.8, 4) is 6.07 Å². The van der Waals surface area contributed by atoms with Crippen LogP contribution < -0.4 is 5.73 Å². The van der Waals surface area contributed by atoms with Gasteiger partial charge in [-0.15, -0.1) is 0 Å². The van der Waals surface area contributed by atoms with Gasteiger partial charge in [-0.3, -0.25) is 9.89 Å². The van der Waals surface area contributed by atoms with E-state index in [1.807, 2.05) is 25.2 Å². The third-order valence-electron chi connectivity index (χ3n) is 4.49. The van der Waals surface area contributed by atoms with Gasteiger partial charge in [-0.1, -0.05) is 37.3 Å². The lowest BCUT2D eigenvalue weighted by Crippen LogP contribution is -2.28. The summed E-state index contributed by atoms with van der Waals surface area (Å²) in [5.41, 5.74) is 8.02. The quantitative estimate of drug-likeness (QED) is 0.772. The zero-order valence-electron chi connectivity index (χ0n) is 14.8. The number of aromatic nitrogens is 2. The fourth-order valence-corrected chi connectivity index (χ4v) is 2.80. The Morgan fingerprint density at radius 2 is 2.12 bits per heavy atom. The van der Waals surface area contributed by atoms with E-state index >= 15 is 0 Å². The maximum absolute atomic E-state index is 12.3. The summed E-state index contributed by atoms with van der Waals surface area (Å²) in [5, 5.41) is 15.7. The topological polar surface area (TPSA) is 98.8 Å². The predicted molar refractivity (Wildman–Crippen MR) is 97.8 cm³/mol. The Hall–Kier alpha value is -2.81. The monoisotopic (exact) mass is 339 g/mol. The van der Waals surface area contributed by atoms with Crippen LogP contribution in [0.1, 0.15) is 48.9 Å². The summed E-state index contributed by atoms with van der Waals surface area (Å²) in [6.07, 6.45) is 2.77. The SMILES string of the molecule is CC(CCC(=O)N(C)CCCc1[nH]nc(N)c1C#N)c1ccccc1. The number of benzene rings is 1. The molecule has 1 amide bonds. The molecule has 25 heavy (non-hydrogen) atoms. The second kappa shape index (κ2) is 8.88. The van der Waals surface area contributed by atoms with Crippen LogP contribution in [-0.2, 0) is 11.2 Å². The molecule has 0 aliphatic heterocycles. The van der Waals surface area contributed by atoms with Crippen molar-refractivity contribution in [2.24, 2.45) is 0 Å². The molecule has 0 bridgehead atoms. The molecule has 0 saturated heterocycles. The normalized spacial score (nSPS) is 11.7. The molecule has 2 rings (SSSR count). The number of hydrogen-bond acceptors (Lipinski definition) is 4. The number of H-pyrrole nitrogens is 1. The summed E-state index contributed by atoms with van der Waals surface area (Å²) < 4.78 is 0. The molecule has 0 radical (unpaired) electrons. The van der Waals surface area contributed by atoms with Crippen molar-refractivity contribution in [2.45, 2.75) is 38.5 Å². The molecule has 1 heterocycles. The van der Waals surface area contributed by atoms with Gasteiger partial charge >= 0.3 is 0 Å². The van der Waals surface area contributed by atoms with E-state index in [1.54, 1.807) is 4.90 Å². The number of nitrogens with zero attached hydrogens (tertiary/aromatic N) is 3. The van der Waals surface area contributed by atoms with Gasteiger partial charge in [-0.2, -0.15) is 10.4 Å². The van der Waals surface area contributed by atoms with E-state index in [9.17, 15) is 4.79 Å². The van der Waals surface area contributed by atoms with Gasteiger partial charge in [0.25, 0.3) is 0 Å². The average molecular weight is 339 g/mol. The van der Waals surface area contributed by atoms with E-state index in [4.69, 9.17) is 11.0 Å². The summed E-state index contributed by atoms with van der Waals surface area (Å²) in [6.45, 7) is 2.79. The summed E-state index contributed by atoms with van der Waals surface area (Å²) in [5.74, 6) is 0.744. The fraction of sp³-hybridized carbons (Fsp3) is 0.421. The Labute approximate surface area is 148 Å². The van der Waals surface area contributed by atoms with Crippen LogP contribution in [0.5, 0.6) is 0 Å². The number of amides is 1. The molecule has 2 aromatic rings. The maximum Gasteiger partial charge on any atom is 0.222 e. The lowest BCUT2D eigenvalue weighted by Gasteiger charge is -2.18. The van der Waals surface area contributed by atoms with Gasteiger partial charge in [0.15, 0.2) is 5.82 Å². The average Bonchev–Trinajstić information content (AvgIpc) is 2.99. The molecule has 1 unspecified atom stereocenters. The van der Waals surface area contributed by atoms with Crippen LogP contribution in [0.2, 0.25) is 0 Å². The summed E-state index contributed by atoms with van der Waals surface area (Å²) in [6, 6.07) is 12.3. The molecule has 1 aromatic heterocycles. The number of anilines is 1. The second-order valence-corrected chi connectivity index (χ2v) is 6.34. The standard InChI is InChI=1S/C19H25N5O/c1-14(15-7-4-3-5-8-15)10-11-18(25)24(2)12-6-9-17-16(13-20)19(21)23-22-17/h3-5,7-8,14H,6,9-12H2,1-2H3,(H3,21,22,23). The number of nitriles is 1. The zero-order valence-corrected chi connectivity index (χ0v) is 14.8. The van der Waals surface area contributed by atoms with Crippen LogP contribution in [0.25, 0.3) is 0 Å². The molecule has 0 aliphatic carbocycles. The number of carbonyl (C=O) groups excluding carboxylic acids is 1. The van der Waals surface area contributed by atoms with E-state index in [0.29, 0.717) is 30.9 Å². The van der Waals surface area contributed by atoms with Crippen LogP contribution >= 0.6 is 0 Å².